The monoisotopic (exact) mass is 300 g/mol. The summed E-state index contributed by atoms with van der Waals surface area (Å²) in [5.41, 5.74) is 1.83. The van der Waals surface area contributed by atoms with Gasteiger partial charge in [0.2, 0.25) is 5.03 Å². The molecule has 0 aliphatic rings. The van der Waals surface area contributed by atoms with Crippen LogP contribution in [0, 0.1) is 11.6 Å². The molecule has 2 aromatic rings. The standard InChI is InChI=1S/C11H10F2N4O2S/c12-7-3-4-9(8(13)6-7)17-20(18,19)11-10(16-14)2-1-5-15-11/h1-6,16-17H,14H2. The second-order valence-corrected chi connectivity index (χ2v) is 5.33. The number of hydrazine groups is 1. The molecule has 0 aliphatic heterocycles. The summed E-state index contributed by atoms with van der Waals surface area (Å²) >= 11 is 0. The van der Waals surface area contributed by atoms with Gasteiger partial charge >= 0.3 is 0 Å². The highest BCUT2D eigenvalue weighted by Crippen LogP contribution is 2.22. The Morgan fingerprint density at radius 2 is 1.90 bits per heavy atom. The third kappa shape index (κ3) is 2.83. The minimum atomic E-state index is -4.16. The molecular formula is C11H10F2N4O2S. The number of aromatic nitrogens is 1. The van der Waals surface area contributed by atoms with Crippen molar-refractivity contribution in [2.24, 2.45) is 5.84 Å². The lowest BCUT2D eigenvalue weighted by molar-refractivity contribution is 0.582. The third-order valence-corrected chi connectivity index (χ3v) is 3.68. The normalized spacial score (nSPS) is 11.2. The van der Waals surface area contributed by atoms with Gasteiger partial charge < -0.3 is 5.43 Å². The van der Waals surface area contributed by atoms with Crippen LogP contribution in [-0.4, -0.2) is 13.4 Å². The van der Waals surface area contributed by atoms with Gasteiger partial charge in [-0.05, 0) is 24.3 Å². The fraction of sp³-hybridized carbons (Fsp3) is 0. The van der Waals surface area contributed by atoms with Gasteiger partial charge in [0.1, 0.15) is 11.6 Å². The molecule has 1 heterocycles. The van der Waals surface area contributed by atoms with Crippen molar-refractivity contribution < 1.29 is 17.2 Å². The number of nitrogen functional groups attached to an aromatic ring is 1. The fourth-order valence-corrected chi connectivity index (χ4v) is 2.65. The maximum Gasteiger partial charge on any atom is 0.281 e. The first-order valence-corrected chi connectivity index (χ1v) is 6.82. The second kappa shape index (κ2) is 5.39. The lowest BCUT2D eigenvalue weighted by Crippen LogP contribution is -2.19. The summed E-state index contributed by atoms with van der Waals surface area (Å²) in [6, 6.07) is 5.34. The number of benzene rings is 1. The van der Waals surface area contributed by atoms with Crippen LogP contribution in [0.25, 0.3) is 0 Å². The summed E-state index contributed by atoms with van der Waals surface area (Å²) in [7, 11) is -4.16. The van der Waals surface area contributed by atoms with Gasteiger partial charge in [0.05, 0.1) is 11.4 Å². The largest absolute Gasteiger partial charge is 0.321 e. The minimum absolute atomic E-state index is 0.0440. The van der Waals surface area contributed by atoms with Gasteiger partial charge in [-0.15, -0.1) is 0 Å². The number of halogens is 2. The molecule has 0 radical (unpaired) electrons. The molecule has 9 heteroatoms. The molecule has 0 bridgehead atoms. The molecule has 106 valence electrons. The van der Waals surface area contributed by atoms with Crippen LogP contribution in [0.5, 0.6) is 0 Å². The molecule has 2 rings (SSSR count). The van der Waals surface area contributed by atoms with Crippen LogP contribution in [0.1, 0.15) is 0 Å². The van der Waals surface area contributed by atoms with Crippen LogP contribution in [-0.2, 0) is 10.0 Å². The van der Waals surface area contributed by atoms with E-state index >= 15 is 0 Å². The summed E-state index contributed by atoms with van der Waals surface area (Å²) < 4.78 is 52.4. The number of pyridine rings is 1. The first-order chi connectivity index (χ1) is 9.44. The number of hydrogen-bond donors (Lipinski definition) is 3. The number of nitrogens with one attached hydrogen (secondary N) is 2. The Labute approximate surface area is 113 Å². The molecule has 6 nitrogen and oxygen atoms in total. The SMILES string of the molecule is NNc1cccnc1S(=O)(=O)Nc1ccc(F)cc1F. The lowest BCUT2D eigenvalue weighted by atomic mass is 10.3. The topological polar surface area (TPSA) is 97.1 Å². The van der Waals surface area contributed by atoms with Crippen molar-refractivity contribution in [1.82, 2.24) is 4.98 Å². The molecule has 0 fully saturated rings. The molecule has 20 heavy (non-hydrogen) atoms. The highest BCUT2D eigenvalue weighted by Gasteiger charge is 2.21. The average molecular weight is 300 g/mol. The third-order valence-electron chi connectivity index (χ3n) is 2.36. The first-order valence-electron chi connectivity index (χ1n) is 5.33. The van der Waals surface area contributed by atoms with Crippen LogP contribution >= 0.6 is 0 Å². The van der Waals surface area contributed by atoms with E-state index in [0.29, 0.717) is 6.07 Å². The molecule has 0 unspecified atom stereocenters. The van der Waals surface area contributed by atoms with Gasteiger partial charge in [0.25, 0.3) is 10.0 Å². The minimum Gasteiger partial charge on any atom is -0.321 e. The molecule has 1 aromatic heterocycles. The molecule has 1 aromatic carbocycles. The van der Waals surface area contributed by atoms with Gasteiger partial charge in [-0.2, -0.15) is 8.42 Å². The summed E-state index contributed by atoms with van der Waals surface area (Å²) in [6.07, 6.45) is 1.25. The van der Waals surface area contributed by atoms with Gasteiger partial charge in [0, 0.05) is 12.3 Å². The Kier molecular flexibility index (Phi) is 3.81. The van der Waals surface area contributed by atoms with Crippen molar-refractivity contribution in [2.45, 2.75) is 5.03 Å². The van der Waals surface area contributed by atoms with Crippen LogP contribution in [0.4, 0.5) is 20.2 Å². The number of nitrogens with zero attached hydrogens (tertiary/aromatic N) is 1. The van der Waals surface area contributed by atoms with Crippen LogP contribution in [0.3, 0.4) is 0 Å². The summed E-state index contributed by atoms with van der Waals surface area (Å²) in [6.45, 7) is 0. The number of anilines is 2. The van der Waals surface area contributed by atoms with E-state index in [-0.39, 0.29) is 11.4 Å². The van der Waals surface area contributed by atoms with Crippen molar-refractivity contribution in [1.29, 1.82) is 0 Å². The predicted molar refractivity (Wildman–Crippen MR) is 69.2 cm³/mol. The Bertz CT molecular complexity index is 737. The van der Waals surface area contributed by atoms with Crippen molar-refractivity contribution in [3.63, 3.8) is 0 Å². The van der Waals surface area contributed by atoms with Crippen LogP contribution in [0.2, 0.25) is 0 Å². The van der Waals surface area contributed by atoms with Gasteiger partial charge in [0.15, 0.2) is 0 Å². The van der Waals surface area contributed by atoms with E-state index in [1.165, 1.54) is 18.3 Å². The Hall–Kier alpha value is -2.26. The number of hydrogen-bond acceptors (Lipinski definition) is 5. The summed E-state index contributed by atoms with van der Waals surface area (Å²) in [4.78, 5) is 3.68. The highest BCUT2D eigenvalue weighted by atomic mass is 32.2. The van der Waals surface area contributed by atoms with Crippen molar-refractivity contribution in [3.8, 4) is 0 Å². The lowest BCUT2D eigenvalue weighted by Gasteiger charge is -2.11. The van der Waals surface area contributed by atoms with Crippen molar-refractivity contribution in [2.75, 3.05) is 10.1 Å². The zero-order chi connectivity index (χ0) is 14.8. The molecular weight excluding hydrogens is 290 g/mol. The summed E-state index contributed by atoms with van der Waals surface area (Å²) in [5, 5.41) is -0.397. The molecule has 4 N–H and O–H groups in total. The quantitative estimate of drug-likeness (QED) is 0.586. The van der Waals surface area contributed by atoms with E-state index < -0.39 is 26.7 Å². The second-order valence-electron chi connectivity index (χ2n) is 3.73. The maximum atomic E-state index is 13.5. The molecule has 0 saturated carbocycles. The van der Waals surface area contributed by atoms with Crippen molar-refractivity contribution in [3.05, 3.63) is 48.2 Å². The van der Waals surface area contributed by atoms with Gasteiger partial charge in [-0.1, -0.05) is 0 Å². The van der Waals surface area contributed by atoms with Crippen LogP contribution in [0.15, 0.2) is 41.6 Å². The number of rotatable bonds is 4. The van der Waals surface area contributed by atoms with Crippen molar-refractivity contribution >= 4 is 21.4 Å². The first kappa shape index (κ1) is 14.2. The zero-order valence-electron chi connectivity index (χ0n) is 9.97. The van der Waals surface area contributed by atoms with E-state index in [1.807, 2.05) is 4.72 Å². The summed E-state index contributed by atoms with van der Waals surface area (Å²) in [5.74, 6) is 3.34. The van der Waals surface area contributed by atoms with E-state index in [1.54, 1.807) is 0 Å². The smallest absolute Gasteiger partial charge is 0.281 e. The Balaban J connectivity index is 2.41. The Morgan fingerprint density at radius 1 is 1.15 bits per heavy atom. The van der Waals surface area contributed by atoms with E-state index in [9.17, 15) is 17.2 Å². The molecule has 0 amide bonds. The zero-order valence-corrected chi connectivity index (χ0v) is 10.8. The molecule has 0 aliphatic carbocycles. The molecule has 0 atom stereocenters. The maximum absolute atomic E-state index is 13.5. The van der Waals surface area contributed by atoms with Gasteiger partial charge in [-0.3, -0.25) is 10.6 Å². The van der Waals surface area contributed by atoms with Crippen LogP contribution < -0.4 is 16.0 Å². The molecule has 0 saturated heterocycles. The highest BCUT2D eigenvalue weighted by molar-refractivity contribution is 7.92. The predicted octanol–water partition coefficient (Wildman–Crippen LogP) is 1.45. The Morgan fingerprint density at radius 3 is 2.55 bits per heavy atom. The van der Waals surface area contributed by atoms with E-state index in [4.69, 9.17) is 5.84 Å². The average Bonchev–Trinajstić information content (AvgIpc) is 2.42. The fourth-order valence-electron chi connectivity index (χ4n) is 1.48. The van der Waals surface area contributed by atoms with E-state index in [0.717, 1.165) is 12.1 Å². The van der Waals surface area contributed by atoms with Gasteiger partial charge in [-0.25, -0.2) is 13.8 Å². The molecule has 0 spiro atoms. The number of nitrogens with two attached hydrogens (primary N) is 1. The van der Waals surface area contributed by atoms with E-state index in [2.05, 4.69) is 10.4 Å². The number of sulfonamides is 1.